The number of ether oxygens (including phenoxy) is 1. The summed E-state index contributed by atoms with van der Waals surface area (Å²) in [5, 5.41) is 19.1. The van der Waals surface area contributed by atoms with E-state index in [4.69, 9.17) is 9.84 Å². The number of carboxylic acids is 1. The largest absolute Gasteiger partial charge is 0.481 e. The molecule has 1 unspecified atom stereocenters. The molecule has 0 spiro atoms. The number of hydrogen-bond acceptors (Lipinski definition) is 4. The van der Waals surface area contributed by atoms with Crippen LogP contribution in [0.15, 0.2) is 60.7 Å². The lowest BCUT2D eigenvalue weighted by Gasteiger charge is -2.32. The molecule has 2 N–H and O–H groups in total. The average Bonchev–Trinajstić information content (AvgIpc) is 2.74. The van der Waals surface area contributed by atoms with Gasteiger partial charge in [0.05, 0.1) is 25.2 Å². The molecule has 6 heteroatoms. The van der Waals surface area contributed by atoms with Crippen molar-refractivity contribution in [2.75, 3.05) is 32.8 Å². The molecule has 0 bridgehead atoms. The number of aliphatic hydroxyl groups is 1. The highest BCUT2D eigenvalue weighted by molar-refractivity contribution is 5.85. The van der Waals surface area contributed by atoms with Crippen LogP contribution >= 0.6 is 12.4 Å². The number of rotatable bonds is 7. The molecule has 2 aromatic carbocycles. The van der Waals surface area contributed by atoms with Crippen molar-refractivity contribution in [1.29, 1.82) is 0 Å². The number of hydrogen-bond donors (Lipinski definition) is 2. The molecule has 29 heavy (non-hydrogen) atoms. The van der Waals surface area contributed by atoms with E-state index in [0.29, 0.717) is 0 Å². The molecular formula is C23H32ClNO4. The van der Waals surface area contributed by atoms with E-state index in [2.05, 4.69) is 4.90 Å². The second-order valence-electron chi connectivity index (χ2n) is 7.01. The molecule has 5 nitrogen and oxygen atoms in total. The molecular weight excluding hydrogens is 390 g/mol. The molecule has 1 fully saturated rings. The molecule has 0 saturated carbocycles. The van der Waals surface area contributed by atoms with Crippen molar-refractivity contribution in [3.8, 4) is 0 Å². The molecule has 1 aliphatic rings. The molecule has 0 aromatic heterocycles. The Hall–Kier alpha value is -1.92. The summed E-state index contributed by atoms with van der Waals surface area (Å²) in [5.41, 5.74) is 1.18. The van der Waals surface area contributed by atoms with Gasteiger partial charge in [-0.2, -0.15) is 0 Å². The predicted octanol–water partition coefficient (Wildman–Crippen LogP) is 3.74. The van der Waals surface area contributed by atoms with Gasteiger partial charge in [0, 0.05) is 19.6 Å². The number of aliphatic carboxylic acids is 1. The molecule has 3 rings (SSSR count). The molecule has 1 heterocycles. The van der Waals surface area contributed by atoms with Crippen LogP contribution in [-0.4, -0.2) is 53.9 Å². The van der Waals surface area contributed by atoms with E-state index in [1.54, 1.807) is 12.1 Å². The predicted molar refractivity (Wildman–Crippen MR) is 118 cm³/mol. The first-order chi connectivity index (χ1) is 13.5. The molecule has 0 radical (unpaired) electrons. The van der Waals surface area contributed by atoms with Crippen LogP contribution in [0.1, 0.15) is 30.9 Å². The Morgan fingerprint density at radius 2 is 1.59 bits per heavy atom. The van der Waals surface area contributed by atoms with Crippen molar-refractivity contribution in [1.82, 2.24) is 4.90 Å². The van der Waals surface area contributed by atoms with Crippen molar-refractivity contribution in [2.24, 2.45) is 0 Å². The Morgan fingerprint density at radius 1 is 1.03 bits per heavy atom. The third-order valence-corrected chi connectivity index (χ3v) is 5.04. The van der Waals surface area contributed by atoms with Crippen LogP contribution in [-0.2, 0) is 21.6 Å². The Morgan fingerprint density at radius 3 is 2.10 bits per heavy atom. The van der Waals surface area contributed by atoms with E-state index in [1.165, 1.54) is 0 Å². The zero-order valence-electron chi connectivity index (χ0n) is 17.0. The molecule has 0 aliphatic carbocycles. The lowest BCUT2D eigenvalue weighted by Crippen LogP contribution is -2.39. The maximum absolute atomic E-state index is 10.8. The highest BCUT2D eigenvalue weighted by Crippen LogP contribution is 2.28. The molecule has 160 valence electrons. The number of carboxylic acid groups (broad SMARTS) is 1. The van der Waals surface area contributed by atoms with Crippen LogP contribution in [0.2, 0.25) is 0 Å². The topological polar surface area (TPSA) is 70.0 Å². The lowest BCUT2D eigenvalue weighted by molar-refractivity contribution is -0.136. The highest BCUT2D eigenvalue weighted by Gasteiger charge is 2.27. The summed E-state index contributed by atoms with van der Waals surface area (Å²) in [5.74, 6) is -0.786. The molecule has 1 aliphatic heterocycles. The van der Waals surface area contributed by atoms with Crippen molar-refractivity contribution < 1.29 is 19.7 Å². The Bertz CT molecular complexity index is 693. The first-order valence-corrected chi connectivity index (χ1v) is 9.87. The maximum atomic E-state index is 10.8. The Labute approximate surface area is 179 Å². The molecule has 1 atom stereocenters. The zero-order valence-corrected chi connectivity index (χ0v) is 17.8. The van der Waals surface area contributed by atoms with E-state index in [9.17, 15) is 9.90 Å². The van der Waals surface area contributed by atoms with E-state index in [-0.39, 0.29) is 18.8 Å². The third kappa shape index (κ3) is 8.96. The number of halogens is 1. The van der Waals surface area contributed by atoms with E-state index in [0.717, 1.165) is 56.8 Å². The molecule has 1 saturated heterocycles. The zero-order chi connectivity index (χ0) is 20.2. The summed E-state index contributed by atoms with van der Waals surface area (Å²) in [7, 11) is 0. The molecule has 0 amide bonds. The van der Waals surface area contributed by atoms with Gasteiger partial charge in [0.15, 0.2) is 0 Å². The summed E-state index contributed by atoms with van der Waals surface area (Å²) in [6.07, 6.45) is 1.65. The summed E-state index contributed by atoms with van der Waals surface area (Å²) in [6.45, 7) is 6.57. The third-order valence-electron chi connectivity index (χ3n) is 5.04. The Balaban J connectivity index is 0.000000327. The van der Waals surface area contributed by atoms with Gasteiger partial charge in [-0.15, -0.1) is 12.4 Å². The summed E-state index contributed by atoms with van der Waals surface area (Å²) < 4.78 is 5.34. The minimum Gasteiger partial charge on any atom is -0.481 e. The SMILES string of the molecule is CCC(O)(CCN1CCOCC1)c1ccccc1.Cl.O=C(O)Cc1ccccc1. The van der Waals surface area contributed by atoms with Crippen LogP contribution in [0.3, 0.4) is 0 Å². The highest BCUT2D eigenvalue weighted by atomic mass is 35.5. The van der Waals surface area contributed by atoms with Gasteiger partial charge in [-0.3, -0.25) is 9.69 Å². The van der Waals surface area contributed by atoms with Crippen LogP contribution in [0, 0.1) is 0 Å². The first kappa shape index (κ1) is 25.1. The quantitative estimate of drug-likeness (QED) is 0.712. The number of nitrogens with zero attached hydrogens (tertiary/aromatic N) is 1. The monoisotopic (exact) mass is 421 g/mol. The van der Waals surface area contributed by atoms with Gasteiger partial charge in [-0.05, 0) is 24.0 Å². The van der Waals surface area contributed by atoms with Crippen LogP contribution in [0.4, 0.5) is 0 Å². The van der Waals surface area contributed by atoms with Gasteiger partial charge in [0.1, 0.15) is 0 Å². The molecule has 2 aromatic rings. The van der Waals surface area contributed by atoms with Gasteiger partial charge in [0.2, 0.25) is 0 Å². The normalized spacial score (nSPS) is 15.9. The van der Waals surface area contributed by atoms with Crippen molar-refractivity contribution in [2.45, 2.75) is 31.8 Å². The van der Waals surface area contributed by atoms with Crippen LogP contribution in [0.25, 0.3) is 0 Å². The summed E-state index contributed by atoms with van der Waals surface area (Å²) in [6, 6.07) is 19.1. The maximum Gasteiger partial charge on any atom is 0.307 e. The van der Waals surface area contributed by atoms with Crippen molar-refractivity contribution in [3.63, 3.8) is 0 Å². The fourth-order valence-electron chi connectivity index (χ4n) is 3.21. The van der Waals surface area contributed by atoms with Gasteiger partial charge >= 0.3 is 5.97 Å². The van der Waals surface area contributed by atoms with Gasteiger partial charge in [0.25, 0.3) is 0 Å². The van der Waals surface area contributed by atoms with Crippen LogP contribution < -0.4 is 0 Å². The minimum absolute atomic E-state index is 0. The van der Waals surface area contributed by atoms with Crippen molar-refractivity contribution >= 4 is 18.4 Å². The van der Waals surface area contributed by atoms with Gasteiger partial charge in [-0.1, -0.05) is 67.6 Å². The second kappa shape index (κ2) is 13.3. The number of benzene rings is 2. The van der Waals surface area contributed by atoms with Crippen LogP contribution in [0.5, 0.6) is 0 Å². The second-order valence-corrected chi connectivity index (χ2v) is 7.01. The minimum atomic E-state index is -0.786. The summed E-state index contributed by atoms with van der Waals surface area (Å²) in [4.78, 5) is 12.5. The van der Waals surface area contributed by atoms with Gasteiger partial charge < -0.3 is 14.9 Å². The smallest absolute Gasteiger partial charge is 0.307 e. The van der Waals surface area contributed by atoms with E-state index in [1.807, 2.05) is 55.5 Å². The summed E-state index contributed by atoms with van der Waals surface area (Å²) >= 11 is 0. The van der Waals surface area contributed by atoms with Crippen molar-refractivity contribution in [3.05, 3.63) is 71.8 Å². The fourth-order valence-corrected chi connectivity index (χ4v) is 3.21. The van der Waals surface area contributed by atoms with Gasteiger partial charge in [-0.25, -0.2) is 0 Å². The van der Waals surface area contributed by atoms with E-state index < -0.39 is 11.6 Å². The standard InChI is InChI=1S/C15H23NO2.C8H8O2.ClH/c1-2-15(17,14-6-4-3-5-7-14)8-9-16-10-12-18-13-11-16;9-8(10)6-7-4-2-1-3-5-7;/h3-7,17H,2,8-13H2,1H3;1-5H,6H2,(H,9,10);1H. The lowest BCUT2D eigenvalue weighted by atomic mass is 9.88. The number of morpholine rings is 1. The fraction of sp³-hybridized carbons (Fsp3) is 0.435. The average molecular weight is 422 g/mol. The Kier molecular flexibility index (Phi) is 11.5. The number of carbonyl (C=O) groups is 1. The first-order valence-electron chi connectivity index (χ1n) is 9.87. The van der Waals surface area contributed by atoms with E-state index >= 15 is 0 Å².